The normalized spacial score (nSPS) is 22.1. The van der Waals surface area contributed by atoms with Crippen molar-refractivity contribution in [1.82, 2.24) is 4.31 Å². The average Bonchev–Trinajstić information content (AvgIpc) is 3.11. The van der Waals surface area contributed by atoms with Gasteiger partial charge in [-0.1, -0.05) is 24.3 Å². The van der Waals surface area contributed by atoms with E-state index in [9.17, 15) is 18.5 Å². The topological polar surface area (TPSA) is 99.0 Å². The molecule has 0 aromatic heterocycles. The predicted octanol–water partition coefficient (Wildman–Crippen LogP) is 2.30. The number of sulfonamides is 1. The Morgan fingerprint density at radius 2 is 1.78 bits per heavy atom. The van der Waals surface area contributed by atoms with Crippen LogP contribution in [0.5, 0.6) is 0 Å². The molecule has 146 valence electrons. The molecule has 1 aromatic carbocycles. The monoisotopic (exact) mass is 394 g/mol. The van der Waals surface area contributed by atoms with Crippen molar-refractivity contribution in [3.63, 3.8) is 0 Å². The number of nitro benzene ring substituents is 1. The third kappa shape index (κ3) is 3.80. The number of rotatable bonds is 5. The fraction of sp³-hybridized carbons (Fsp3) is 0.529. The summed E-state index contributed by atoms with van der Waals surface area (Å²) in [6.07, 6.45) is 1.79. The van der Waals surface area contributed by atoms with Gasteiger partial charge in [0.2, 0.25) is 10.0 Å². The Labute approximate surface area is 159 Å². The van der Waals surface area contributed by atoms with Gasteiger partial charge in [-0.05, 0) is 33.2 Å². The van der Waals surface area contributed by atoms with Gasteiger partial charge in [-0.15, -0.1) is 0 Å². The minimum Gasteiger partial charge on any atom is -0.400 e. The highest BCUT2D eigenvalue weighted by Gasteiger charge is 2.53. The van der Waals surface area contributed by atoms with Crippen molar-refractivity contribution in [3.8, 4) is 0 Å². The van der Waals surface area contributed by atoms with E-state index in [0.717, 1.165) is 5.47 Å². The lowest BCUT2D eigenvalue weighted by molar-refractivity contribution is -0.385. The van der Waals surface area contributed by atoms with Gasteiger partial charge in [0.15, 0.2) is 0 Å². The molecule has 0 bridgehead atoms. The third-order valence-electron chi connectivity index (χ3n) is 5.39. The number of hydrogen-bond donors (Lipinski definition) is 0. The van der Waals surface area contributed by atoms with Crippen molar-refractivity contribution in [2.75, 3.05) is 13.1 Å². The van der Waals surface area contributed by atoms with Crippen molar-refractivity contribution >= 4 is 22.8 Å². The van der Waals surface area contributed by atoms with Gasteiger partial charge in [-0.2, -0.15) is 4.31 Å². The Morgan fingerprint density at radius 1 is 1.19 bits per heavy atom. The molecule has 0 radical (unpaired) electrons. The first-order chi connectivity index (χ1) is 12.4. The molecule has 2 aliphatic rings. The quantitative estimate of drug-likeness (QED) is 0.432. The van der Waals surface area contributed by atoms with E-state index in [1.165, 1.54) is 22.5 Å². The minimum atomic E-state index is -3.72. The van der Waals surface area contributed by atoms with Gasteiger partial charge in [0.1, 0.15) is 0 Å². The summed E-state index contributed by atoms with van der Waals surface area (Å²) in [6, 6.07) is 5.88. The molecular weight excluding hydrogens is 371 g/mol. The van der Waals surface area contributed by atoms with Gasteiger partial charge in [-0.25, -0.2) is 8.42 Å². The molecule has 1 fully saturated rings. The second-order valence-electron chi connectivity index (χ2n) is 7.80. The fourth-order valence-corrected chi connectivity index (χ4v) is 4.49. The molecule has 0 atom stereocenters. The van der Waals surface area contributed by atoms with Crippen LogP contribution >= 0.6 is 0 Å². The summed E-state index contributed by atoms with van der Waals surface area (Å²) in [5.74, 6) is -0.422. The summed E-state index contributed by atoms with van der Waals surface area (Å²) < 4.78 is 38.8. The summed E-state index contributed by atoms with van der Waals surface area (Å²) in [6.45, 7) is 8.09. The maximum atomic E-state index is 12.8. The number of nitro groups is 1. The highest BCUT2D eigenvalue weighted by atomic mass is 32.2. The first-order valence-corrected chi connectivity index (χ1v) is 10.3. The van der Waals surface area contributed by atoms with E-state index in [2.05, 4.69) is 0 Å². The predicted molar refractivity (Wildman–Crippen MR) is 101 cm³/mol. The molecule has 10 heteroatoms. The SMILES string of the molecule is CC1(C)OB(C2=CCN(S(=O)(=O)Cc3ccccc3[N+](=O)[O-])C2)OC1(C)C. The zero-order chi connectivity index (χ0) is 20.0. The Bertz CT molecular complexity index is 880. The maximum Gasteiger partial charge on any atom is 0.491 e. The zero-order valence-electron chi connectivity index (χ0n) is 15.8. The van der Waals surface area contributed by atoms with Gasteiger partial charge in [-0.3, -0.25) is 10.1 Å². The molecule has 0 saturated carbocycles. The largest absolute Gasteiger partial charge is 0.491 e. The van der Waals surface area contributed by atoms with Gasteiger partial charge >= 0.3 is 7.12 Å². The highest BCUT2D eigenvalue weighted by molar-refractivity contribution is 7.88. The van der Waals surface area contributed by atoms with E-state index in [4.69, 9.17) is 9.31 Å². The van der Waals surface area contributed by atoms with Crippen molar-refractivity contribution in [2.24, 2.45) is 0 Å². The third-order valence-corrected chi connectivity index (χ3v) is 7.13. The summed E-state index contributed by atoms with van der Waals surface area (Å²) >= 11 is 0. The molecule has 8 nitrogen and oxygen atoms in total. The van der Waals surface area contributed by atoms with Gasteiger partial charge in [0, 0.05) is 24.7 Å². The number of nitrogens with zero attached hydrogens (tertiary/aromatic N) is 2. The molecular formula is C17H23BN2O6S. The molecule has 0 amide bonds. The van der Waals surface area contributed by atoms with Gasteiger partial charge in [0.25, 0.3) is 5.69 Å². The van der Waals surface area contributed by atoms with E-state index in [1.54, 1.807) is 12.1 Å². The average molecular weight is 394 g/mol. The van der Waals surface area contributed by atoms with Crippen molar-refractivity contribution < 1.29 is 22.6 Å². The molecule has 1 saturated heterocycles. The van der Waals surface area contributed by atoms with Crippen LogP contribution in [0.3, 0.4) is 0 Å². The molecule has 0 aliphatic carbocycles. The minimum absolute atomic E-state index is 0.153. The smallest absolute Gasteiger partial charge is 0.400 e. The van der Waals surface area contributed by atoms with E-state index in [0.29, 0.717) is 0 Å². The van der Waals surface area contributed by atoms with E-state index in [-0.39, 0.29) is 24.3 Å². The number of para-hydroxylation sites is 1. The lowest BCUT2D eigenvalue weighted by atomic mass is 9.79. The van der Waals surface area contributed by atoms with Crippen LogP contribution in [0.15, 0.2) is 35.8 Å². The molecule has 2 heterocycles. The summed E-state index contributed by atoms with van der Waals surface area (Å²) in [4.78, 5) is 10.6. The highest BCUT2D eigenvalue weighted by Crippen LogP contribution is 2.39. The van der Waals surface area contributed by atoms with Crippen LogP contribution in [0.4, 0.5) is 5.69 Å². The molecule has 1 aromatic rings. The Kier molecular flexibility index (Phi) is 4.96. The van der Waals surface area contributed by atoms with Gasteiger partial charge < -0.3 is 9.31 Å². The van der Waals surface area contributed by atoms with Crippen LogP contribution in [0.25, 0.3) is 0 Å². The molecule has 3 rings (SSSR count). The van der Waals surface area contributed by atoms with Crippen LogP contribution in [-0.4, -0.2) is 49.1 Å². The first kappa shape index (κ1) is 20.0. The maximum absolute atomic E-state index is 12.8. The summed E-state index contributed by atoms with van der Waals surface area (Å²) in [5.41, 5.74) is -0.281. The molecule has 0 N–H and O–H groups in total. The zero-order valence-corrected chi connectivity index (χ0v) is 16.7. The second-order valence-corrected chi connectivity index (χ2v) is 9.77. The molecule has 0 unspecified atom stereocenters. The van der Waals surface area contributed by atoms with Crippen molar-refractivity contribution in [2.45, 2.75) is 44.6 Å². The lowest BCUT2D eigenvalue weighted by Gasteiger charge is -2.32. The van der Waals surface area contributed by atoms with E-state index in [1.807, 2.05) is 27.7 Å². The Morgan fingerprint density at radius 3 is 2.37 bits per heavy atom. The van der Waals surface area contributed by atoms with Crippen molar-refractivity contribution in [3.05, 3.63) is 51.5 Å². The second kappa shape index (κ2) is 6.70. The van der Waals surface area contributed by atoms with E-state index >= 15 is 0 Å². The summed E-state index contributed by atoms with van der Waals surface area (Å²) in [5, 5.41) is 11.1. The van der Waals surface area contributed by atoms with Crippen LogP contribution < -0.4 is 0 Å². The van der Waals surface area contributed by atoms with E-state index < -0.39 is 39.0 Å². The first-order valence-electron chi connectivity index (χ1n) is 8.68. The molecule has 2 aliphatic heterocycles. The Balaban J connectivity index is 1.72. The molecule has 27 heavy (non-hydrogen) atoms. The Hall–Kier alpha value is -1.75. The fourth-order valence-electron chi connectivity index (χ4n) is 3.03. The number of benzene rings is 1. The van der Waals surface area contributed by atoms with Gasteiger partial charge in [0.05, 0.1) is 21.9 Å². The van der Waals surface area contributed by atoms with Crippen LogP contribution in [0.1, 0.15) is 33.3 Å². The lowest BCUT2D eigenvalue weighted by Crippen LogP contribution is -2.41. The van der Waals surface area contributed by atoms with Crippen LogP contribution in [0.2, 0.25) is 0 Å². The summed E-state index contributed by atoms with van der Waals surface area (Å²) in [7, 11) is -4.32. The standard InChI is InChI=1S/C17H23BN2O6S/c1-16(2)17(3,4)26-18(25-16)14-9-10-19(11-14)27(23,24)12-13-7-5-6-8-15(13)20(21)22/h5-9H,10-12H2,1-4H3. The number of hydrogen-bond acceptors (Lipinski definition) is 6. The van der Waals surface area contributed by atoms with Crippen LogP contribution in [0, 0.1) is 10.1 Å². The molecule has 0 spiro atoms. The van der Waals surface area contributed by atoms with Crippen molar-refractivity contribution in [1.29, 1.82) is 0 Å². The van der Waals surface area contributed by atoms with Crippen LogP contribution in [-0.2, 0) is 25.1 Å².